The molecule has 2 aromatic rings. The highest BCUT2D eigenvalue weighted by molar-refractivity contribution is 5.94. The van der Waals surface area contributed by atoms with Gasteiger partial charge in [0, 0.05) is 12.2 Å². The maximum atomic E-state index is 12.0. The van der Waals surface area contributed by atoms with Crippen molar-refractivity contribution in [3.63, 3.8) is 0 Å². The minimum atomic E-state index is -0.106. The first kappa shape index (κ1) is 18.5. The Bertz CT molecular complexity index is 698. The summed E-state index contributed by atoms with van der Waals surface area (Å²) in [6.07, 6.45) is 0.981. The van der Waals surface area contributed by atoms with Gasteiger partial charge in [0.1, 0.15) is 0 Å². The Morgan fingerprint density at radius 1 is 0.920 bits per heavy atom. The molecule has 0 fully saturated rings. The molecule has 0 aliphatic rings. The van der Waals surface area contributed by atoms with Crippen molar-refractivity contribution in [2.24, 2.45) is 4.99 Å². The van der Waals surface area contributed by atoms with E-state index in [1.54, 1.807) is 0 Å². The van der Waals surface area contributed by atoms with Crippen molar-refractivity contribution >= 4 is 17.6 Å². The zero-order valence-electron chi connectivity index (χ0n) is 14.9. The highest BCUT2D eigenvalue weighted by atomic mass is 16.1. The molecule has 0 atom stereocenters. The van der Waals surface area contributed by atoms with Crippen LogP contribution in [0.15, 0.2) is 59.6 Å². The van der Waals surface area contributed by atoms with E-state index < -0.39 is 0 Å². The van der Waals surface area contributed by atoms with Crippen LogP contribution >= 0.6 is 0 Å². The Labute approximate surface area is 149 Å². The van der Waals surface area contributed by atoms with Crippen LogP contribution in [0.2, 0.25) is 0 Å². The van der Waals surface area contributed by atoms with Gasteiger partial charge in [-0.25, -0.2) is 4.99 Å². The fourth-order valence-corrected chi connectivity index (χ4v) is 2.45. The van der Waals surface area contributed by atoms with Crippen molar-refractivity contribution in [3.8, 4) is 0 Å². The minimum Gasteiger partial charge on any atom is -0.357 e. The first-order valence-electron chi connectivity index (χ1n) is 8.66. The number of para-hydroxylation sites is 1. The lowest BCUT2D eigenvalue weighted by Gasteiger charge is -2.12. The van der Waals surface area contributed by atoms with Crippen molar-refractivity contribution in [2.75, 3.05) is 18.4 Å². The average molecular weight is 338 g/mol. The number of anilines is 1. The van der Waals surface area contributed by atoms with Gasteiger partial charge in [-0.2, -0.15) is 0 Å². The summed E-state index contributed by atoms with van der Waals surface area (Å²) in [5.74, 6) is 0.530. The summed E-state index contributed by atoms with van der Waals surface area (Å²) in [5, 5.41) is 9.09. The molecule has 5 nitrogen and oxygen atoms in total. The molecule has 2 aromatic carbocycles. The number of amides is 1. The Morgan fingerprint density at radius 2 is 1.60 bits per heavy atom. The van der Waals surface area contributed by atoms with Gasteiger partial charge in [-0.1, -0.05) is 49.4 Å². The number of carbonyl (C=O) groups excluding carboxylic acids is 1. The first-order chi connectivity index (χ1) is 12.2. The summed E-state index contributed by atoms with van der Waals surface area (Å²) in [6, 6.07) is 17.7. The number of rotatable bonds is 7. The maximum Gasteiger partial charge on any atom is 0.243 e. The molecule has 5 heteroatoms. The van der Waals surface area contributed by atoms with E-state index in [-0.39, 0.29) is 12.5 Å². The fourth-order valence-electron chi connectivity index (χ4n) is 2.45. The van der Waals surface area contributed by atoms with Gasteiger partial charge in [0.15, 0.2) is 5.96 Å². The quantitative estimate of drug-likeness (QED) is 0.537. The van der Waals surface area contributed by atoms with Crippen LogP contribution in [0.3, 0.4) is 0 Å². The molecule has 0 aliphatic heterocycles. The monoisotopic (exact) mass is 338 g/mol. The second-order valence-electron chi connectivity index (χ2n) is 5.59. The van der Waals surface area contributed by atoms with E-state index in [0.29, 0.717) is 12.5 Å². The Morgan fingerprint density at radius 3 is 2.28 bits per heavy atom. The van der Waals surface area contributed by atoms with Gasteiger partial charge >= 0.3 is 0 Å². The molecule has 0 aliphatic carbocycles. The average Bonchev–Trinajstić information content (AvgIpc) is 2.65. The Hall–Kier alpha value is -2.82. The van der Waals surface area contributed by atoms with Gasteiger partial charge in [0.05, 0.1) is 13.1 Å². The molecule has 0 aromatic heterocycles. The summed E-state index contributed by atoms with van der Waals surface area (Å²) >= 11 is 0. The van der Waals surface area contributed by atoms with E-state index in [9.17, 15) is 4.79 Å². The van der Waals surface area contributed by atoms with E-state index >= 15 is 0 Å². The summed E-state index contributed by atoms with van der Waals surface area (Å²) in [6.45, 7) is 5.62. The molecule has 132 valence electrons. The highest BCUT2D eigenvalue weighted by Crippen LogP contribution is 2.10. The van der Waals surface area contributed by atoms with Crippen LogP contribution in [-0.2, 0) is 17.8 Å². The van der Waals surface area contributed by atoms with Crippen LogP contribution in [0, 0.1) is 0 Å². The van der Waals surface area contributed by atoms with Gasteiger partial charge in [0.25, 0.3) is 0 Å². The molecule has 2 rings (SSSR count). The van der Waals surface area contributed by atoms with E-state index in [2.05, 4.69) is 40.0 Å². The lowest BCUT2D eigenvalue weighted by Crippen LogP contribution is -2.41. The summed E-state index contributed by atoms with van der Waals surface area (Å²) in [7, 11) is 0. The van der Waals surface area contributed by atoms with E-state index in [1.165, 1.54) is 11.1 Å². The van der Waals surface area contributed by atoms with Crippen LogP contribution < -0.4 is 16.0 Å². The maximum absolute atomic E-state index is 12.0. The van der Waals surface area contributed by atoms with Gasteiger partial charge in [-0.15, -0.1) is 0 Å². The topological polar surface area (TPSA) is 65.5 Å². The predicted molar refractivity (Wildman–Crippen MR) is 104 cm³/mol. The molecule has 25 heavy (non-hydrogen) atoms. The third-order valence-electron chi connectivity index (χ3n) is 3.72. The Balaban J connectivity index is 1.92. The van der Waals surface area contributed by atoms with Crippen molar-refractivity contribution in [3.05, 3.63) is 65.7 Å². The smallest absolute Gasteiger partial charge is 0.243 e. The molecule has 1 amide bonds. The highest BCUT2D eigenvalue weighted by Gasteiger charge is 2.05. The number of carbonyl (C=O) groups is 1. The zero-order chi connectivity index (χ0) is 17.9. The molecule has 0 bridgehead atoms. The minimum absolute atomic E-state index is 0.106. The molecular formula is C20H26N4O. The molecule has 0 unspecified atom stereocenters. The summed E-state index contributed by atoms with van der Waals surface area (Å²) in [5.41, 5.74) is 3.29. The number of aryl methyl sites for hydroxylation is 1. The number of nitrogens with zero attached hydrogens (tertiary/aromatic N) is 1. The number of guanidine groups is 1. The van der Waals surface area contributed by atoms with Crippen LogP contribution in [-0.4, -0.2) is 25.0 Å². The number of nitrogens with one attached hydrogen (secondary N) is 3. The van der Waals surface area contributed by atoms with E-state index in [0.717, 1.165) is 18.7 Å². The predicted octanol–water partition coefficient (Wildman–Crippen LogP) is 2.94. The first-order valence-corrected chi connectivity index (χ1v) is 8.66. The Kier molecular flexibility index (Phi) is 7.50. The number of aliphatic imine (C=N–C) groups is 1. The van der Waals surface area contributed by atoms with Crippen LogP contribution in [0.4, 0.5) is 5.69 Å². The second-order valence-corrected chi connectivity index (χ2v) is 5.59. The van der Waals surface area contributed by atoms with Crippen molar-refractivity contribution in [1.82, 2.24) is 10.6 Å². The lowest BCUT2D eigenvalue weighted by atomic mass is 10.1. The number of hydrogen-bond donors (Lipinski definition) is 3. The summed E-state index contributed by atoms with van der Waals surface area (Å²) < 4.78 is 0. The van der Waals surface area contributed by atoms with Crippen LogP contribution in [0.25, 0.3) is 0 Å². The van der Waals surface area contributed by atoms with Crippen molar-refractivity contribution in [2.45, 2.75) is 26.8 Å². The molecule has 0 saturated heterocycles. The second kappa shape index (κ2) is 10.1. The molecule has 3 N–H and O–H groups in total. The third kappa shape index (κ3) is 6.30. The number of hydrogen-bond acceptors (Lipinski definition) is 2. The van der Waals surface area contributed by atoms with Gasteiger partial charge < -0.3 is 16.0 Å². The molecule has 0 spiro atoms. The molecule has 0 heterocycles. The normalized spacial score (nSPS) is 11.0. The summed E-state index contributed by atoms with van der Waals surface area (Å²) in [4.78, 5) is 16.6. The van der Waals surface area contributed by atoms with Gasteiger partial charge in [-0.05, 0) is 36.6 Å². The largest absolute Gasteiger partial charge is 0.357 e. The molecule has 0 saturated carbocycles. The third-order valence-corrected chi connectivity index (χ3v) is 3.72. The lowest BCUT2D eigenvalue weighted by molar-refractivity contribution is -0.115. The number of benzene rings is 2. The van der Waals surface area contributed by atoms with Crippen molar-refractivity contribution in [1.29, 1.82) is 0 Å². The van der Waals surface area contributed by atoms with E-state index in [4.69, 9.17) is 0 Å². The standard InChI is InChI=1S/C20H26N4O/c1-3-16-10-8-9-11-17(16)14-22-20(21-4-2)23-15-19(25)24-18-12-6-5-7-13-18/h5-13H,3-4,14-15H2,1-2H3,(H,24,25)(H2,21,22,23). The zero-order valence-corrected chi connectivity index (χ0v) is 14.9. The van der Waals surface area contributed by atoms with Gasteiger partial charge in [0.2, 0.25) is 5.91 Å². The van der Waals surface area contributed by atoms with Crippen LogP contribution in [0.5, 0.6) is 0 Å². The SMILES string of the molecule is CCNC(=NCc1ccccc1CC)NCC(=O)Nc1ccccc1. The molecule has 0 radical (unpaired) electrons. The van der Waals surface area contributed by atoms with E-state index in [1.807, 2.05) is 49.4 Å². The van der Waals surface area contributed by atoms with Gasteiger partial charge in [-0.3, -0.25) is 4.79 Å². The van der Waals surface area contributed by atoms with Crippen LogP contribution in [0.1, 0.15) is 25.0 Å². The van der Waals surface area contributed by atoms with Crippen molar-refractivity contribution < 1.29 is 4.79 Å². The molecular weight excluding hydrogens is 312 g/mol. The fraction of sp³-hybridized carbons (Fsp3) is 0.300.